The van der Waals surface area contributed by atoms with Crippen LogP contribution in [-0.4, -0.2) is 51.8 Å². The quantitative estimate of drug-likeness (QED) is 0.467. The van der Waals surface area contributed by atoms with Crippen molar-refractivity contribution in [2.45, 2.75) is 12.5 Å². The monoisotopic (exact) mass is 201 g/mol. The summed E-state index contributed by atoms with van der Waals surface area (Å²) in [4.78, 5) is 11.2. The first-order valence-corrected chi connectivity index (χ1v) is 5.02. The van der Waals surface area contributed by atoms with E-state index in [9.17, 15) is 4.79 Å². The van der Waals surface area contributed by atoms with Gasteiger partial charge in [0.1, 0.15) is 0 Å². The normalized spacial score (nSPS) is 21.1. The lowest BCUT2D eigenvalue weighted by atomic mass is 10.2. The molecule has 1 rings (SSSR count). The van der Waals surface area contributed by atoms with Crippen LogP contribution in [0.15, 0.2) is 0 Å². The summed E-state index contributed by atoms with van der Waals surface area (Å²) in [6.45, 7) is 3.56. The molecule has 0 aromatic rings. The molecule has 5 nitrogen and oxygen atoms in total. The summed E-state index contributed by atoms with van der Waals surface area (Å²) in [5, 5.41) is 9.19. The second kappa shape index (κ2) is 6.75. The zero-order valence-electron chi connectivity index (χ0n) is 8.64. The fraction of sp³-hybridized carbons (Fsp3) is 0.889. The van der Waals surface area contributed by atoms with Gasteiger partial charge in [0.25, 0.3) is 0 Å². The van der Waals surface area contributed by atoms with Crippen molar-refractivity contribution in [1.29, 1.82) is 0 Å². The van der Waals surface area contributed by atoms with E-state index in [4.69, 9.17) is 4.74 Å². The Labute approximate surface area is 84.6 Å². The average molecular weight is 201 g/mol. The highest BCUT2D eigenvalue weighted by molar-refractivity contribution is 5.77. The number of methoxy groups -OCH3 is 1. The average Bonchev–Trinajstić information content (AvgIpc) is 2.68. The zero-order valence-corrected chi connectivity index (χ0v) is 8.64. The Morgan fingerprint density at radius 2 is 2.50 bits per heavy atom. The first-order chi connectivity index (χ1) is 6.83. The Morgan fingerprint density at radius 3 is 3.14 bits per heavy atom. The molecular formula is C9H19N3O2. The lowest BCUT2D eigenvalue weighted by Crippen LogP contribution is -2.40. The highest BCUT2D eigenvalue weighted by Gasteiger charge is 2.14. The zero-order chi connectivity index (χ0) is 10.2. The second-order valence-corrected chi connectivity index (χ2v) is 3.41. The van der Waals surface area contributed by atoms with E-state index in [1.54, 1.807) is 7.11 Å². The maximum atomic E-state index is 11.2. The van der Waals surface area contributed by atoms with Crippen LogP contribution in [0, 0.1) is 0 Å². The topological polar surface area (TPSA) is 62.4 Å². The van der Waals surface area contributed by atoms with Crippen LogP contribution < -0.4 is 16.0 Å². The molecule has 1 fully saturated rings. The SMILES string of the molecule is COCCNC(=O)CNC1CCNC1. The number of nitrogens with one attached hydrogen (secondary N) is 3. The fourth-order valence-electron chi connectivity index (χ4n) is 1.42. The molecular weight excluding hydrogens is 182 g/mol. The van der Waals surface area contributed by atoms with Crippen LogP contribution in [0.25, 0.3) is 0 Å². The highest BCUT2D eigenvalue weighted by Crippen LogP contribution is 1.95. The van der Waals surface area contributed by atoms with Crippen molar-refractivity contribution in [3.05, 3.63) is 0 Å². The van der Waals surface area contributed by atoms with Crippen LogP contribution in [-0.2, 0) is 9.53 Å². The Balaban J connectivity index is 1.96. The molecule has 0 bridgehead atoms. The summed E-state index contributed by atoms with van der Waals surface area (Å²) in [7, 11) is 1.62. The molecule has 0 spiro atoms. The van der Waals surface area contributed by atoms with E-state index in [-0.39, 0.29) is 5.91 Å². The van der Waals surface area contributed by atoms with Gasteiger partial charge in [0.05, 0.1) is 13.2 Å². The van der Waals surface area contributed by atoms with Crippen LogP contribution in [0.1, 0.15) is 6.42 Å². The second-order valence-electron chi connectivity index (χ2n) is 3.41. The van der Waals surface area contributed by atoms with Crippen LogP contribution in [0.3, 0.4) is 0 Å². The number of amides is 1. The van der Waals surface area contributed by atoms with Crippen LogP contribution in [0.2, 0.25) is 0 Å². The Kier molecular flexibility index (Phi) is 5.51. The molecule has 3 N–H and O–H groups in total. The number of hydrogen-bond donors (Lipinski definition) is 3. The van der Waals surface area contributed by atoms with Gasteiger partial charge in [-0.05, 0) is 13.0 Å². The van der Waals surface area contributed by atoms with Gasteiger partial charge in [0, 0.05) is 26.2 Å². The first-order valence-electron chi connectivity index (χ1n) is 5.02. The van der Waals surface area contributed by atoms with E-state index < -0.39 is 0 Å². The standard InChI is InChI=1S/C9H19N3O2/c1-14-5-4-11-9(13)7-12-8-2-3-10-6-8/h8,10,12H,2-7H2,1H3,(H,11,13). The van der Waals surface area contributed by atoms with Gasteiger partial charge in [-0.2, -0.15) is 0 Å². The smallest absolute Gasteiger partial charge is 0.234 e. The predicted octanol–water partition coefficient (Wildman–Crippen LogP) is -1.30. The molecule has 0 aliphatic carbocycles. The lowest BCUT2D eigenvalue weighted by molar-refractivity contribution is -0.120. The largest absolute Gasteiger partial charge is 0.383 e. The third-order valence-electron chi connectivity index (χ3n) is 2.24. The van der Waals surface area contributed by atoms with Crippen molar-refractivity contribution in [2.24, 2.45) is 0 Å². The molecule has 0 saturated carbocycles. The summed E-state index contributed by atoms with van der Waals surface area (Å²) in [5.41, 5.74) is 0. The predicted molar refractivity (Wildman–Crippen MR) is 54.2 cm³/mol. The molecule has 1 aliphatic rings. The van der Waals surface area contributed by atoms with E-state index >= 15 is 0 Å². The van der Waals surface area contributed by atoms with Gasteiger partial charge in [-0.1, -0.05) is 0 Å². The Morgan fingerprint density at radius 1 is 1.64 bits per heavy atom. The van der Waals surface area contributed by atoms with Crippen LogP contribution in [0.4, 0.5) is 0 Å². The Bertz CT molecular complexity index is 169. The third-order valence-corrected chi connectivity index (χ3v) is 2.24. The molecule has 1 saturated heterocycles. The third kappa shape index (κ3) is 4.55. The van der Waals surface area contributed by atoms with Crippen LogP contribution in [0.5, 0.6) is 0 Å². The van der Waals surface area contributed by atoms with Crippen molar-refractivity contribution >= 4 is 5.91 Å². The highest BCUT2D eigenvalue weighted by atomic mass is 16.5. The number of ether oxygens (including phenoxy) is 1. The summed E-state index contributed by atoms with van der Waals surface area (Å²) in [6, 6.07) is 0.447. The van der Waals surface area contributed by atoms with E-state index in [0.717, 1.165) is 19.5 Å². The summed E-state index contributed by atoms with van der Waals surface area (Å²) >= 11 is 0. The van der Waals surface area contributed by atoms with E-state index in [0.29, 0.717) is 25.7 Å². The Hall–Kier alpha value is -0.650. The molecule has 0 aromatic carbocycles. The molecule has 0 aromatic heterocycles. The maximum absolute atomic E-state index is 11.2. The maximum Gasteiger partial charge on any atom is 0.234 e. The van der Waals surface area contributed by atoms with E-state index in [1.165, 1.54) is 0 Å². The number of carbonyl (C=O) groups excluding carboxylic acids is 1. The molecule has 1 amide bonds. The molecule has 82 valence electrons. The molecule has 14 heavy (non-hydrogen) atoms. The first kappa shape index (κ1) is 11.4. The minimum Gasteiger partial charge on any atom is -0.383 e. The van der Waals surface area contributed by atoms with Crippen molar-refractivity contribution in [1.82, 2.24) is 16.0 Å². The molecule has 1 heterocycles. The van der Waals surface area contributed by atoms with Gasteiger partial charge < -0.3 is 20.7 Å². The van der Waals surface area contributed by atoms with Gasteiger partial charge in [-0.25, -0.2) is 0 Å². The minimum atomic E-state index is 0.0361. The lowest BCUT2D eigenvalue weighted by Gasteiger charge is -2.10. The minimum absolute atomic E-state index is 0.0361. The van der Waals surface area contributed by atoms with Crippen molar-refractivity contribution < 1.29 is 9.53 Å². The van der Waals surface area contributed by atoms with Gasteiger partial charge in [-0.15, -0.1) is 0 Å². The van der Waals surface area contributed by atoms with Gasteiger partial charge >= 0.3 is 0 Å². The summed E-state index contributed by atoms with van der Waals surface area (Å²) in [6.07, 6.45) is 1.10. The molecule has 5 heteroatoms. The van der Waals surface area contributed by atoms with Crippen molar-refractivity contribution in [2.75, 3.05) is 39.9 Å². The summed E-state index contributed by atoms with van der Waals surface area (Å²) in [5.74, 6) is 0.0361. The number of hydrogen-bond acceptors (Lipinski definition) is 4. The number of carbonyl (C=O) groups is 1. The van der Waals surface area contributed by atoms with Gasteiger partial charge in [0.2, 0.25) is 5.91 Å². The van der Waals surface area contributed by atoms with Gasteiger partial charge in [-0.3, -0.25) is 4.79 Å². The summed E-state index contributed by atoms with van der Waals surface area (Å²) < 4.78 is 4.83. The molecule has 0 radical (unpaired) electrons. The molecule has 1 atom stereocenters. The van der Waals surface area contributed by atoms with Gasteiger partial charge in [0.15, 0.2) is 0 Å². The van der Waals surface area contributed by atoms with Crippen molar-refractivity contribution in [3.8, 4) is 0 Å². The molecule has 1 unspecified atom stereocenters. The van der Waals surface area contributed by atoms with Crippen molar-refractivity contribution in [3.63, 3.8) is 0 Å². The molecule has 1 aliphatic heterocycles. The van der Waals surface area contributed by atoms with E-state index in [2.05, 4.69) is 16.0 Å². The fourth-order valence-corrected chi connectivity index (χ4v) is 1.42. The number of rotatable bonds is 6. The van der Waals surface area contributed by atoms with Crippen LogP contribution >= 0.6 is 0 Å². The van der Waals surface area contributed by atoms with E-state index in [1.807, 2.05) is 0 Å².